The Labute approximate surface area is 131 Å². The Bertz CT molecular complexity index is 679. The van der Waals surface area contributed by atoms with Gasteiger partial charge in [0.1, 0.15) is 11.8 Å². The van der Waals surface area contributed by atoms with E-state index < -0.39 is 12.1 Å². The molecular formula is C14H12ClN3O4. The molecule has 0 spiro atoms. The molecule has 0 saturated carbocycles. The minimum Gasteiger partial charge on any atom is -0.464 e. The maximum absolute atomic E-state index is 11.7. The summed E-state index contributed by atoms with van der Waals surface area (Å²) in [7, 11) is 1.21. The molecule has 1 heterocycles. The molecule has 0 aliphatic carbocycles. The predicted octanol–water partition coefficient (Wildman–Crippen LogP) is 2.67. The smallest absolute Gasteiger partial charge is 0.414 e. The lowest BCUT2D eigenvalue weighted by Gasteiger charge is -2.07. The number of hydrogen-bond donors (Lipinski definition) is 1. The fourth-order valence-electron chi connectivity index (χ4n) is 1.53. The zero-order chi connectivity index (χ0) is 15.9. The Kier molecular flexibility index (Phi) is 5.26. The number of nitrogens with zero attached hydrogens (tertiary/aromatic N) is 2. The maximum Gasteiger partial charge on any atom is 0.414 e. The Morgan fingerprint density at radius 2 is 1.95 bits per heavy atom. The van der Waals surface area contributed by atoms with Gasteiger partial charge in [-0.1, -0.05) is 41.9 Å². The molecule has 1 N–H and O–H groups in total. The molecule has 1 aromatic carbocycles. The zero-order valence-corrected chi connectivity index (χ0v) is 12.3. The van der Waals surface area contributed by atoms with E-state index >= 15 is 0 Å². The minimum atomic E-state index is -0.762. The second-order valence-electron chi connectivity index (χ2n) is 4.08. The molecule has 8 heteroatoms. The number of ether oxygens (including phenoxy) is 2. The Morgan fingerprint density at radius 1 is 1.23 bits per heavy atom. The highest BCUT2D eigenvalue weighted by atomic mass is 35.5. The summed E-state index contributed by atoms with van der Waals surface area (Å²) < 4.78 is 9.53. The van der Waals surface area contributed by atoms with Crippen molar-refractivity contribution >= 4 is 29.6 Å². The highest BCUT2D eigenvalue weighted by Gasteiger charge is 2.13. The molecule has 0 bridgehead atoms. The summed E-state index contributed by atoms with van der Waals surface area (Å²) in [5.74, 6) is -0.837. The van der Waals surface area contributed by atoms with Crippen LogP contribution in [0.3, 0.4) is 0 Å². The van der Waals surface area contributed by atoms with Gasteiger partial charge in [-0.3, -0.25) is 5.32 Å². The van der Waals surface area contributed by atoms with Crippen molar-refractivity contribution < 1.29 is 19.1 Å². The van der Waals surface area contributed by atoms with Crippen LogP contribution in [0, 0.1) is 0 Å². The fourth-order valence-corrected chi connectivity index (χ4v) is 1.72. The lowest BCUT2D eigenvalue weighted by Crippen LogP contribution is -2.17. The van der Waals surface area contributed by atoms with Crippen LogP contribution >= 0.6 is 11.6 Å². The molecule has 0 unspecified atom stereocenters. The number of benzene rings is 1. The van der Waals surface area contributed by atoms with E-state index in [4.69, 9.17) is 16.3 Å². The van der Waals surface area contributed by atoms with Crippen LogP contribution in [-0.2, 0) is 16.1 Å². The van der Waals surface area contributed by atoms with Gasteiger partial charge in [0.05, 0.1) is 7.11 Å². The molecule has 7 nitrogen and oxygen atoms in total. The van der Waals surface area contributed by atoms with E-state index in [9.17, 15) is 9.59 Å². The number of aromatic nitrogens is 2. The summed E-state index contributed by atoms with van der Waals surface area (Å²) in [6.07, 6.45) is -0.762. The van der Waals surface area contributed by atoms with Crippen LogP contribution in [-0.4, -0.2) is 29.1 Å². The van der Waals surface area contributed by atoms with Gasteiger partial charge < -0.3 is 9.47 Å². The van der Waals surface area contributed by atoms with Gasteiger partial charge >= 0.3 is 12.1 Å². The van der Waals surface area contributed by atoms with Crippen molar-refractivity contribution in [3.05, 3.63) is 52.8 Å². The van der Waals surface area contributed by atoms with E-state index in [1.54, 1.807) is 0 Å². The van der Waals surface area contributed by atoms with Crippen LogP contribution in [0.1, 0.15) is 16.1 Å². The van der Waals surface area contributed by atoms with E-state index in [-0.39, 0.29) is 23.4 Å². The van der Waals surface area contributed by atoms with Crippen molar-refractivity contribution in [2.24, 2.45) is 0 Å². The van der Waals surface area contributed by atoms with E-state index in [0.29, 0.717) is 0 Å². The standard InChI is InChI=1S/C14H12ClN3O4/c1-21-12(19)10-7-11(15)17-13(16-10)18-14(20)22-8-9-5-3-2-4-6-9/h2-7H,8H2,1H3,(H,16,17,18,20). The number of methoxy groups -OCH3 is 1. The quantitative estimate of drug-likeness (QED) is 0.687. The van der Waals surface area contributed by atoms with Crippen LogP contribution in [0.25, 0.3) is 0 Å². The van der Waals surface area contributed by atoms with Gasteiger partial charge in [0.2, 0.25) is 5.95 Å². The molecule has 0 saturated heterocycles. The molecule has 114 valence electrons. The summed E-state index contributed by atoms with van der Waals surface area (Å²) >= 11 is 5.76. The second-order valence-corrected chi connectivity index (χ2v) is 4.47. The van der Waals surface area contributed by atoms with E-state index in [2.05, 4.69) is 20.0 Å². The number of carbonyl (C=O) groups excluding carboxylic acids is 2. The molecule has 1 aromatic heterocycles. The van der Waals surface area contributed by atoms with Gasteiger partial charge in [-0.2, -0.15) is 0 Å². The first-order chi connectivity index (χ1) is 10.6. The van der Waals surface area contributed by atoms with Crippen molar-refractivity contribution in [1.29, 1.82) is 0 Å². The van der Waals surface area contributed by atoms with Crippen molar-refractivity contribution in [2.75, 3.05) is 12.4 Å². The van der Waals surface area contributed by atoms with Crippen molar-refractivity contribution in [3.8, 4) is 0 Å². The number of amides is 1. The molecular weight excluding hydrogens is 310 g/mol. The van der Waals surface area contributed by atoms with Gasteiger partial charge in [-0.05, 0) is 5.56 Å². The molecule has 0 aliphatic rings. The number of anilines is 1. The predicted molar refractivity (Wildman–Crippen MR) is 78.6 cm³/mol. The van der Waals surface area contributed by atoms with Gasteiger partial charge in [-0.25, -0.2) is 19.6 Å². The normalized spacial score (nSPS) is 9.91. The molecule has 0 radical (unpaired) electrons. The molecule has 0 atom stereocenters. The average Bonchev–Trinajstić information content (AvgIpc) is 2.52. The van der Waals surface area contributed by atoms with Gasteiger partial charge in [0, 0.05) is 6.07 Å². The van der Waals surface area contributed by atoms with Crippen LogP contribution in [0.15, 0.2) is 36.4 Å². The molecule has 22 heavy (non-hydrogen) atoms. The number of carbonyl (C=O) groups is 2. The maximum atomic E-state index is 11.7. The number of rotatable bonds is 4. The topological polar surface area (TPSA) is 90.4 Å². The van der Waals surface area contributed by atoms with Crippen LogP contribution < -0.4 is 5.32 Å². The summed E-state index contributed by atoms with van der Waals surface area (Å²) in [5.41, 5.74) is 0.765. The first-order valence-electron chi connectivity index (χ1n) is 6.19. The molecule has 1 amide bonds. The van der Waals surface area contributed by atoms with Gasteiger partial charge in [0.25, 0.3) is 0 Å². The summed E-state index contributed by atoms with van der Waals surface area (Å²) in [4.78, 5) is 30.7. The largest absolute Gasteiger partial charge is 0.464 e. The number of nitrogens with one attached hydrogen (secondary N) is 1. The SMILES string of the molecule is COC(=O)c1cc(Cl)nc(NC(=O)OCc2ccccc2)n1. The third-order valence-corrected chi connectivity index (χ3v) is 2.71. The zero-order valence-electron chi connectivity index (χ0n) is 11.6. The second kappa shape index (κ2) is 7.37. The van der Waals surface area contributed by atoms with E-state index in [0.717, 1.165) is 5.56 Å². The van der Waals surface area contributed by atoms with Crippen molar-refractivity contribution in [1.82, 2.24) is 9.97 Å². The fraction of sp³-hybridized carbons (Fsp3) is 0.143. The van der Waals surface area contributed by atoms with E-state index in [1.165, 1.54) is 13.2 Å². The minimum absolute atomic E-state index is 0.00578. The highest BCUT2D eigenvalue weighted by Crippen LogP contribution is 2.12. The number of esters is 1. The lowest BCUT2D eigenvalue weighted by molar-refractivity contribution is 0.0594. The first-order valence-corrected chi connectivity index (χ1v) is 6.57. The molecule has 0 aliphatic heterocycles. The third-order valence-electron chi connectivity index (χ3n) is 2.52. The van der Waals surface area contributed by atoms with E-state index in [1.807, 2.05) is 30.3 Å². The first kappa shape index (κ1) is 15.7. The summed E-state index contributed by atoms with van der Waals surface area (Å²) in [5, 5.41) is 2.29. The van der Waals surface area contributed by atoms with Gasteiger partial charge in [-0.15, -0.1) is 0 Å². The Morgan fingerprint density at radius 3 is 2.64 bits per heavy atom. The molecule has 2 aromatic rings. The van der Waals surface area contributed by atoms with Crippen LogP contribution in [0.5, 0.6) is 0 Å². The van der Waals surface area contributed by atoms with Crippen molar-refractivity contribution in [2.45, 2.75) is 6.61 Å². The lowest BCUT2D eigenvalue weighted by atomic mass is 10.2. The molecule has 0 fully saturated rings. The van der Waals surface area contributed by atoms with Crippen LogP contribution in [0.2, 0.25) is 5.15 Å². The number of halogens is 1. The highest BCUT2D eigenvalue weighted by molar-refractivity contribution is 6.29. The van der Waals surface area contributed by atoms with Crippen LogP contribution in [0.4, 0.5) is 10.7 Å². The van der Waals surface area contributed by atoms with Crippen molar-refractivity contribution in [3.63, 3.8) is 0 Å². The Hall–Kier alpha value is -2.67. The monoisotopic (exact) mass is 321 g/mol. The average molecular weight is 322 g/mol. The number of hydrogen-bond acceptors (Lipinski definition) is 6. The summed E-state index contributed by atoms with van der Waals surface area (Å²) in [6.45, 7) is 0.0943. The third kappa shape index (κ3) is 4.42. The Balaban J connectivity index is 1.99. The summed E-state index contributed by atoms with van der Waals surface area (Å²) in [6, 6.07) is 10.4. The van der Waals surface area contributed by atoms with Gasteiger partial charge in [0.15, 0.2) is 5.69 Å². The molecule has 2 rings (SSSR count).